The maximum Gasteiger partial charge on any atom is 0.348 e. The Morgan fingerprint density at radius 2 is 2.17 bits per heavy atom. The lowest BCUT2D eigenvalue weighted by Gasteiger charge is -2.22. The van der Waals surface area contributed by atoms with E-state index in [0.29, 0.717) is 0 Å². The van der Waals surface area contributed by atoms with Gasteiger partial charge in [-0.05, 0) is 13.8 Å². The van der Waals surface area contributed by atoms with Crippen LogP contribution in [0.15, 0.2) is 12.2 Å². The largest absolute Gasteiger partial charge is 0.462 e. The predicted molar refractivity (Wildman–Crippen MR) is 64.8 cm³/mol. The normalized spacial score (nSPS) is 21.8. The van der Waals surface area contributed by atoms with Gasteiger partial charge in [0, 0.05) is 5.41 Å². The lowest BCUT2D eigenvalue weighted by atomic mass is 9.90. The topological polar surface area (TPSA) is 61.8 Å². The molecule has 0 radical (unpaired) electrons. The number of carbonyl (C=O) groups excluding carboxylic acids is 2. The van der Waals surface area contributed by atoms with Gasteiger partial charge < -0.3 is 14.2 Å². The zero-order valence-corrected chi connectivity index (χ0v) is 11.3. The summed E-state index contributed by atoms with van der Waals surface area (Å²) in [4.78, 5) is 23.2. The predicted octanol–water partition coefficient (Wildman–Crippen LogP) is 1.46. The molecule has 1 fully saturated rings. The van der Waals surface area contributed by atoms with Crippen LogP contribution < -0.4 is 0 Å². The molecule has 1 aliphatic rings. The Balaban J connectivity index is 2.54. The Labute approximate surface area is 107 Å². The second-order valence-corrected chi connectivity index (χ2v) is 5.34. The molecule has 1 atom stereocenters. The van der Waals surface area contributed by atoms with Crippen molar-refractivity contribution < 1.29 is 23.8 Å². The van der Waals surface area contributed by atoms with Crippen LogP contribution in [-0.4, -0.2) is 37.4 Å². The maximum absolute atomic E-state index is 11.7. The van der Waals surface area contributed by atoms with Gasteiger partial charge in [-0.1, -0.05) is 20.4 Å². The molecule has 0 aromatic heterocycles. The van der Waals surface area contributed by atoms with Gasteiger partial charge in [-0.2, -0.15) is 0 Å². The third-order valence-electron chi connectivity index (χ3n) is 2.61. The summed E-state index contributed by atoms with van der Waals surface area (Å²) in [5, 5.41) is 0. The Morgan fingerprint density at radius 1 is 1.56 bits per heavy atom. The minimum absolute atomic E-state index is 0.00226. The fourth-order valence-electron chi connectivity index (χ4n) is 1.45. The van der Waals surface area contributed by atoms with Crippen LogP contribution in [0.25, 0.3) is 0 Å². The molecule has 0 aromatic rings. The number of rotatable bonds is 5. The zero-order chi connectivity index (χ0) is 13.9. The van der Waals surface area contributed by atoms with Crippen molar-refractivity contribution in [3.8, 4) is 0 Å². The summed E-state index contributed by atoms with van der Waals surface area (Å²) in [6, 6.07) is 0. The Hall–Kier alpha value is -1.36. The standard InChI is InChI=1S/C13H20O5/c1-8(2)16-6-9(3)11(14)18-10-12(15)17-7-13(10,4)5/h8,10H,3,6-7H2,1-2,4-5H3. The lowest BCUT2D eigenvalue weighted by Crippen LogP contribution is -2.35. The van der Waals surface area contributed by atoms with Crippen molar-refractivity contribution >= 4 is 11.9 Å². The van der Waals surface area contributed by atoms with E-state index in [-0.39, 0.29) is 24.9 Å². The Kier molecular flexibility index (Phi) is 4.51. The second kappa shape index (κ2) is 5.52. The summed E-state index contributed by atoms with van der Waals surface area (Å²) in [5.74, 6) is -1.13. The molecule has 18 heavy (non-hydrogen) atoms. The minimum Gasteiger partial charge on any atom is -0.462 e. The fraction of sp³-hybridized carbons (Fsp3) is 0.692. The van der Waals surface area contributed by atoms with Gasteiger partial charge in [0.1, 0.15) is 6.61 Å². The summed E-state index contributed by atoms with van der Waals surface area (Å²) in [5.41, 5.74) is -0.314. The Morgan fingerprint density at radius 3 is 2.61 bits per heavy atom. The number of esters is 2. The van der Waals surface area contributed by atoms with Crippen LogP contribution >= 0.6 is 0 Å². The fourth-order valence-corrected chi connectivity index (χ4v) is 1.45. The van der Waals surface area contributed by atoms with Gasteiger partial charge in [-0.25, -0.2) is 9.59 Å². The number of hydrogen-bond acceptors (Lipinski definition) is 5. The summed E-state index contributed by atoms with van der Waals surface area (Å²) in [6.45, 7) is 11.3. The molecule has 0 bridgehead atoms. The van der Waals surface area contributed by atoms with Gasteiger partial charge in [0.05, 0.1) is 18.3 Å². The molecule has 1 heterocycles. The molecule has 0 aromatic carbocycles. The zero-order valence-electron chi connectivity index (χ0n) is 11.3. The number of hydrogen-bond donors (Lipinski definition) is 0. The molecule has 1 unspecified atom stereocenters. The molecular formula is C13H20O5. The van der Waals surface area contributed by atoms with E-state index < -0.39 is 23.5 Å². The monoisotopic (exact) mass is 256 g/mol. The van der Waals surface area contributed by atoms with Crippen molar-refractivity contribution in [1.82, 2.24) is 0 Å². The van der Waals surface area contributed by atoms with Crippen LogP contribution in [0.2, 0.25) is 0 Å². The highest BCUT2D eigenvalue weighted by atomic mass is 16.6. The average Bonchev–Trinajstić information content (AvgIpc) is 2.52. The van der Waals surface area contributed by atoms with Crippen molar-refractivity contribution in [1.29, 1.82) is 0 Å². The third kappa shape index (κ3) is 3.57. The van der Waals surface area contributed by atoms with E-state index >= 15 is 0 Å². The van der Waals surface area contributed by atoms with E-state index in [0.717, 1.165) is 0 Å². The van der Waals surface area contributed by atoms with Crippen molar-refractivity contribution in [3.05, 3.63) is 12.2 Å². The highest BCUT2D eigenvalue weighted by Crippen LogP contribution is 2.31. The minimum atomic E-state index is -0.874. The highest BCUT2D eigenvalue weighted by Gasteiger charge is 2.46. The van der Waals surface area contributed by atoms with E-state index in [9.17, 15) is 9.59 Å². The molecule has 5 heteroatoms. The molecule has 0 spiro atoms. The molecule has 0 saturated carbocycles. The second-order valence-electron chi connectivity index (χ2n) is 5.34. The molecule has 5 nitrogen and oxygen atoms in total. The number of carbonyl (C=O) groups is 2. The van der Waals surface area contributed by atoms with Gasteiger partial charge in [-0.15, -0.1) is 0 Å². The highest BCUT2D eigenvalue weighted by molar-refractivity contribution is 5.91. The van der Waals surface area contributed by atoms with E-state index in [1.165, 1.54) is 0 Å². The van der Waals surface area contributed by atoms with Gasteiger partial charge in [0.25, 0.3) is 0 Å². The quantitative estimate of drug-likeness (QED) is 0.550. The lowest BCUT2D eigenvalue weighted by molar-refractivity contribution is -0.160. The van der Waals surface area contributed by atoms with Crippen molar-refractivity contribution in [2.75, 3.05) is 13.2 Å². The first-order chi connectivity index (χ1) is 8.24. The van der Waals surface area contributed by atoms with Crippen LogP contribution in [0.1, 0.15) is 27.7 Å². The van der Waals surface area contributed by atoms with E-state index in [2.05, 4.69) is 6.58 Å². The number of cyclic esters (lactones) is 1. The number of ether oxygens (including phenoxy) is 3. The van der Waals surface area contributed by atoms with E-state index in [4.69, 9.17) is 14.2 Å². The maximum atomic E-state index is 11.7. The van der Waals surface area contributed by atoms with E-state index in [1.54, 1.807) is 0 Å². The molecule has 0 aliphatic carbocycles. The molecule has 1 saturated heterocycles. The summed E-state index contributed by atoms with van der Waals surface area (Å²) in [6.07, 6.45) is -0.872. The van der Waals surface area contributed by atoms with Gasteiger partial charge in [0.15, 0.2) is 0 Å². The smallest absolute Gasteiger partial charge is 0.348 e. The summed E-state index contributed by atoms with van der Waals surface area (Å²) < 4.78 is 15.3. The van der Waals surface area contributed by atoms with Crippen LogP contribution in [0.3, 0.4) is 0 Å². The first-order valence-corrected chi connectivity index (χ1v) is 5.91. The van der Waals surface area contributed by atoms with Crippen LogP contribution in [0.5, 0.6) is 0 Å². The van der Waals surface area contributed by atoms with Gasteiger partial charge in [-0.3, -0.25) is 0 Å². The summed E-state index contributed by atoms with van der Waals surface area (Å²) in [7, 11) is 0. The first-order valence-electron chi connectivity index (χ1n) is 5.91. The molecule has 102 valence electrons. The average molecular weight is 256 g/mol. The summed E-state index contributed by atoms with van der Waals surface area (Å²) >= 11 is 0. The third-order valence-corrected chi connectivity index (χ3v) is 2.61. The van der Waals surface area contributed by atoms with Crippen LogP contribution in [0, 0.1) is 5.41 Å². The first kappa shape index (κ1) is 14.7. The molecule has 1 rings (SSSR count). The Bertz CT molecular complexity index is 356. The van der Waals surface area contributed by atoms with Gasteiger partial charge >= 0.3 is 11.9 Å². The van der Waals surface area contributed by atoms with Crippen LogP contribution in [-0.2, 0) is 23.8 Å². The van der Waals surface area contributed by atoms with Gasteiger partial charge in [0.2, 0.25) is 6.10 Å². The molecule has 0 N–H and O–H groups in total. The SMILES string of the molecule is C=C(COC(C)C)C(=O)OC1C(=O)OCC1(C)C. The van der Waals surface area contributed by atoms with Crippen molar-refractivity contribution in [2.45, 2.75) is 39.9 Å². The van der Waals surface area contributed by atoms with Crippen molar-refractivity contribution in [3.63, 3.8) is 0 Å². The molecular weight excluding hydrogens is 236 g/mol. The van der Waals surface area contributed by atoms with E-state index in [1.807, 2.05) is 27.7 Å². The van der Waals surface area contributed by atoms with Crippen LogP contribution in [0.4, 0.5) is 0 Å². The van der Waals surface area contributed by atoms with Crippen molar-refractivity contribution in [2.24, 2.45) is 5.41 Å². The molecule has 0 amide bonds. The molecule has 1 aliphatic heterocycles.